The molecule has 1 amide bonds. The number of hydrogen-bond acceptors (Lipinski definition) is 6. The van der Waals surface area contributed by atoms with Crippen molar-refractivity contribution in [2.24, 2.45) is 0 Å². The van der Waals surface area contributed by atoms with E-state index in [2.05, 4.69) is 15.3 Å². The lowest BCUT2D eigenvalue weighted by atomic mass is 10.2. The van der Waals surface area contributed by atoms with Gasteiger partial charge in [0.05, 0.1) is 18.6 Å². The van der Waals surface area contributed by atoms with Gasteiger partial charge in [-0.1, -0.05) is 11.6 Å². The van der Waals surface area contributed by atoms with Crippen molar-refractivity contribution in [2.45, 2.75) is 4.90 Å². The van der Waals surface area contributed by atoms with Crippen molar-refractivity contribution in [2.75, 3.05) is 18.2 Å². The minimum atomic E-state index is -0.153. The number of nitrogens with one attached hydrogen (secondary N) is 1. The predicted octanol–water partition coefficient (Wildman–Crippen LogP) is 5.28. The Morgan fingerprint density at radius 1 is 1.21 bits per heavy atom. The average molecular weight is 426 g/mol. The first-order chi connectivity index (χ1) is 14.1. The van der Waals surface area contributed by atoms with Crippen LogP contribution in [0, 0.1) is 0 Å². The number of ether oxygens (including phenoxy) is 1. The Hall–Kier alpha value is -3.03. The summed E-state index contributed by atoms with van der Waals surface area (Å²) in [6.07, 6.45) is 1.66. The Balaban J connectivity index is 1.51. The second-order valence-electron chi connectivity index (χ2n) is 6.05. The van der Waals surface area contributed by atoms with Crippen molar-refractivity contribution in [1.82, 2.24) is 9.97 Å². The fourth-order valence-corrected chi connectivity index (χ4v) is 3.52. The molecule has 0 unspecified atom stereocenters. The number of aromatic nitrogens is 2. The maximum absolute atomic E-state index is 12.4. The molecule has 0 radical (unpaired) electrons. The highest BCUT2D eigenvalue weighted by atomic mass is 35.5. The van der Waals surface area contributed by atoms with Gasteiger partial charge < -0.3 is 14.5 Å². The van der Waals surface area contributed by atoms with Crippen LogP contribution in [0.1, 0.15) is 0 Å². The van der Waals surface area contributed by atoms with E-state index in [0.717, 1.165) is 4.90 Å². The lowest BCUT2D eigenvalue weighted by Gasteiger charge is -2.11. The van der Waals surface area contributed by atoms with Crippen molar-refractivity contribution in [3.8, 4) is 17.2 Å². The smallest absolute Gasteiger partial charge is 0.234 e. The van der Waals surface area contributed by atoms with E-state index in [9.17, 15) is 4.79 Å². The van der Waals surface area contributed by atoms with E-state index in [1.165, 1.54) is 11.8 Å². The zero-order valence-electron chi connectivity index (χ0n) is 15.4. The predicted molar refractivity (Wildman–Crippen MR) is 115 cm³/mol. The topological polar surface area (TPSA) is 77.2 Å². The molecular weight excluding hydrogens is 410 g/mol. The summed E-state index contributed by atoms with van der Waals surface area (Å²) in [7, 11) is 1.55. The molecule has 6 nitrogen and oxygen atoms in total. The number of hydrogen-bond donors (Lipinski definition) is 1. The zero-order chi connectivity index (χ0) is 20.2. The fourth-order valence-electron chi connectivity index (χ4n) is 2.70. The van der Waals surface area contributed by atoms with Crippen LogP contribution in [0.5, 0.6) is 5.75 Å². The van der Waals surface area contributed by atoms with Crippen molar-refractivity contribution >= 4 is 46.2 Å². The Labute approximate surface area is 176 Å². The number of carbonyl (C=O) groups excluding carboxylic acids is 1. The molecule has 0 aliphatic heterocycles. The Morgan fingerprint density at radius 3 is 2.79 bits per heavy atom. The number of methoxy groups -OCH3 is 1. The average Bonchev–Trinajstić information content (AvgIpc) is 3.17. The SMILES string of the molecule is COc1ccc(-c2nc3ncccc3o2)cc1NC(=O)CSc1ccc(Cl)cc1. The molecule has 2 aromatic heterocycles. The van der Waals surface area contributed by atoms with Gasteiger partial charge in [0.1, 0.15) is 5.75 Å². The molecule has 0 atom stereocenters. The highest BCUT2D eigenvalue weighted by Crippen LogP contribution is 2.32. The summed E-state index contributed by atoms with van der Waals surface area (Å²) < 4.78 is 11.1. The van der Waals surface area contributed by atoms with Crippen LogP contribution in [0.2, 0.25) is 5.02 Å². The molecule has 146 valence electrons. The highest BCUT2D eigenvalue weighted by molar-refractivity contribution is 8.00. The molecule has 0 aliphatic rings. The van der Waals surface area contributed by atoms with Gasteiger partial charge in [-0.3, -0.25) is 4.79 Å². The minimum Gasteiger partial charge on any atom is -0.495 e. The largest absolute Gasteiger partial charge is 0.495 e. The van der Waals surface area contributed by atoms with Crippen molar-refractivity contribution in [3.05, 3.63) is 65.8 Å². The number of benzene rings is 2. The third-order valence-electron chi connectivity index (χ3n) is 4.07. The molecule has 0 aliphatic carbocycles. The van der Waals surface area contributed by atoms with Gasteiger partial charge in [-0.15, -0.1) is 11.8 Å². The van der Waals surface area contributed by atoms with Gasteiger partial charge in [0, 0.05) is 21.7 Å². The first-order valence-corrected chi connectivity index (χ1v) is 10.1. The van der Waals surface area contributed by atoms with E-state index in [1.807, 2.05) is 18.2 Å². The van der Waals surface area contributed by atoms with Crippen molar-refractivity contribution in [1.29, 1.82) is 0 Å². The molecule has 2 aromatic carbocycles. The van der Waals surface area contributed by atoms with Crippen molar-refractivity contribution < 1.29 is 13.9 Å². The molecule has 4 rings (SSSR count). The number of rotatable bonds is 6. The first-order valence-electron chi connectivity index (χ1n) is 8.70. The number of amides is 1. The van der Waals surface area contributed by atoms with E-state index in [4.69, 9.17) is 20.8 Å². The van der Waals surface area contributed by atoms with Crippen LogP contribution < -0.4 is 10.1 Å². The van der Waals surface area contributed by atoms with Crippen LogP contribution in [-0.2, 0) is 4.79 Å². The number of oxazole rings is 1. The maximum atomic E-state index is 12.4. The van der Waals surface area contributed by atoms with E-state index < -0.39 is 0 Å². The summed E-state index contributed by atoms with van der Waals surface area (Å²) in [6, 6.07) is 16.3. The Kier molecular flexibility index (Phi) is 5.69. The third kappa shape index (κ3) is 4.52. The minimum absolute atomic E-state index is 0.153. The van der Waals surface area contributed by atoms with Gasteiger partial charge in [-0.25, -0.2) is 4.98 Å². The molecule has 29 heavy (non-hydrogen) atoms. The second kappa shape index (κ2) is 8.55. The standard InChI is InChI=1S/C21H16ClN3O3S/c1-27-17-9-4-13(21-25-20-18(28-21)3-2-10-23-20)11-16(17)24-19(26)12-29-15-7-5-14(22)6-8-15/h2-11H,12H2,1H3,(H,24,26). The number of fused-ring (bicyclic) bond motifs is 1. The molecule has 1 N–H and O–H groups in total. The van der Waals surface area contributed by atoms with E-state index in [1.54, 1.807) is 49.7 Å². The van der Waals surface area contributed by atoms with Crippen LogP contribution in [0.3, 0.4) is 0 Å². The number of anilines is 1. The van der Waals surface area contributed by atoms with E-state index in [-0.39, 0.29) is 11.7 Å². The van der Waals surface area contributed by atoms with Crippen LogP contribution in [0.25, 0.3) is 22.7 Å². The molecule has 2 heterocycles. The highest BCUT2D eigenvalue weighted by Gasteiger charge is 2.14. The summed E-state index contributed by atoms with van der Waals surface area (Å²) in [4.78, 5) is 22.0. The number of nitrogens with zero attached hydrogens (tertiary/aromatic N) is 2. The second-order valence-corrected chi connectivity index (χ2v) is 7.54. The summed E-state index contributed by atoms with van der Waals surface area (Å²) in [5, 5.41) is 3.55. The fraction of sp³-hybridized carbons (Fsp3) is 0.0952. The van der Waals surface area contributed by atoms with Crippen LogP contribution in [0.4, 0.5) is 5.69 Å². The molecule has 0 saturated carbocycles. The van der Waals surface area contributed by atoms with Crippen LogP contribution in [0.15, 0.2) is 70.1 Å². The van der Waals surface area contributed by atoms with Gasteiger partial charge in [0.15, 0.2) is 11.2 Å². The van der Waals surface area contributed by atoms with Gasteiger partial charge in [-0.2, -0.15) is 4.98 Å². The molecule has 0 bridgehead atoms. The van der Waals surface area contributed by atoms with Gasteiger partial charge in [-0.05, 0) is 54.6 Å². The molecule has 0 spiro atoms. The lowest BCUT2D eigenvalue weighted by Crippen LogP contribution is -2.14. The molecule has 4 aromatic rings. The van der Waals surface area contributed by atoms with Gasteiger partial charge in [0.25, 0.3) is 0 Å². The van der Waals surface area contributed by atoms with E-state index >= 15 is 0 Å². The summed E-state index contributed by atoms with van der Waals surface area (Å²) >= 11 is 7.31. The Morgan fingerprint density at radius 2 is 2.03 bits per heavy atom. The number of carbonyl (C=O) groups is 1. The van der Waals surface area contributed by atoms with Crippen molar-refractivity contribution in [3.63, 3.8) is 0 Å². The van der Waals surface area contributed by atoms with Gasteiger partial charge in [0.2, 0.25) is 11.8 Å². The lowest BCUT2D eigenvalue weighted by molar-refractivity contribution is -0.113. The normalized spacial score (nSPS) is 10.8. The summed E-state index contributed by atoms with van der Waals surface area (Å²) in [6.45, 7) is 0. The monoisotopic (exact) mass is 425 g/mol. The number of halogens is 1. The first kappa shape index (κ1) is 19.3. The van der Waals surface area contributed by atoms with E-state index in [0.29, 0.717) is 39.1 Å². The Bertz CT molecular complexity index is 1130. The number of thioether (sulfide) groups is 1. The quantitative estimate of drug-likeness (QED) is 0.423. The van der Waals surface area contributed by atoms with Gasteiger partial charge >= 0.3 is 0 Å². The van der Waals surface area contributed by atoms with Crippen LogP contribution >= 0.6 is 23.4 Å². The summed E-state index contributed by atoms with van der Waals surface area (Å²) in [5.41, 5.74) is 2.39. The van der Waals surface area contributed by atoms with Crippen LogP contribution in [-0.4, -0.2) is 28.7 Å². The summed E-state index contributed by atoms with van der Waals surface area (Å²) in [5.74, 6) is 1.07. The zero-order valence-corrected chi connectivity index (χ0v) is 17.0. The number of pyridine rings is 1. The maximum Gasteiger partial charge on any atom is 0.234 e. The molecule has 0 fully saturated rings. The molecular formula is C21H16ClN3O3S. The molecule has 8 heteroatoms. The molecule has 0 saturated heterocycles. The third-order valence-corrected chi connectivity index (χ3v) is 5.33.